The number of hydrogen-bond donors (Lipinski definition) is 2. The second kappa shape index (κ2) is 6.30. The third-order valence-corrected chi connectivity index (χ3v) is 3.74. The summed E-state index contributed by atoms with van der Waals surface area (Å²) < 4.78 is 0. The molecule has 0 aromatic carbocycles. The van der Waals surface area contributed by atoms with E-state index in [0.717, 1.165) is 11.8 Å². The molecule has 1 fully saturated rings. The van der Waals surface area contributed by atoms with E-state index in [4.69, 9.17) is 0 Å². The lowest BCUT2D eigenvalue weighted by molar-refractivity contribution is -0.120. The Kier molecular flexibility index (Phi) is 5.33. The standard InChI is InChI=1S/C10H20N2OS/c1-3-11-10(13)7-12-8-4-5-9(6-8)14-2/h8-9,12H,3-7H2,1-2H3,(H,11,13). The molecule has 1 amide bonds. The summed E-state index contributed by atoms with van der Waals surface area (Å²) in [7, 11) is 0. The van der Waals surface area contributed by atoms with Gasteiger partial charge in [-0.2, -0.15) is 11.8 Å². The van der Waals surface area contributed by atoms with Gasteiger partial charge in [0, 0.05) is 17.8 Å². The molecule has 82 valence electrons. The summed E-state index contributed by atoms with van der Waals surface area (Å²) in [5.74, 6) is 0.111. The van der Waals surface area contributed by atoms with Crippen LogP contribution in [-0.2, 0) is 4.79 Å². The summed E-state index contributed by atoms with van der Waals surface area (Å²) in [6.45, 7) is 3.13. The average molecular weight is 216 g/mol. The Morgan fingerprint density at radius 3 is 2.86 bits per heavy atom. The van der Waals surface area contributed by atoms with E-state index in [-0.39, 0.29) is 5.91 Å². The molecule has 0 bridgehead atoms. The minimum Gasteiger partial charge on any atom is -0.355 e. The van der Waals surface area contributed by atoms with Crippen molar-refractivity contribution in [3.8, 4) is 0 Å². The fourth-order valence-corrected chi connectivity index (χ4v) is 2.63. The number of hydrogen-bond acceptors (Lipinski definition) is 3. The first-order chi connectivity index (χ1) is 6.76. The van der Waals surface area contributed by atoms with Crippen molar-refractivity contribution in [2.24, 2.45) is 0 Å². The molecule has 0 aromatic rings. The number of likely N-dealkylation sites (N-methyl/N-ethyl adjacent to an activating group) is 1. The van der Waals surface area contributed by atoms with Crippen molar-refractivity contribution >= 4 is 17.7 Å². The maximum absolute atomic E-state index is 11.2. The maximum atomic E-state index is 11.2. The Labute approximate surface area is 90.4 Å². The Morgan fingerprint density at radius 2 is 2.29 bits per heavy atom. The minimum absolute atomic E-state index is 0.111. The van der Waals surface area contributed by atoms with E-state index in [0.29, 0.717) is 12.6 Å². The highest BCUT2D eigenvalue weighted by atomic mass is 32.2. The third kappa shape index (κ3) is 3.88. The predicted octanol–water partition coefficient (Wildman–Crippen LogP) is 0.996. The molecule has 0 radical (unpaired) electrons. The van der Waals surface area contributed by atoms with Crippen molar-refractivity contribution in [3.63, 3.8) is 0 Å². The van der Waals surface area contributed by atoms with Gasteiger partial charge in [-0.05, 0) is 32.4 Å². The van der Waals surface area contributed by atoms with Crippen LogP contribution in [-0.4, -0.2) is 36.5 Å². The molecule has 2 atom stereocenters. The van der Waals surface area contributed by atoms with Crippen molar-refractivity contribution < 1.29 is 4.79 Å². The first kappa shape index (κ1) is 11.9. The molecule has 14 heavy (non-hydrogen) atoms. The largest absolute Gasteiger partial charge is 0.355 e. The van der Waals surface area contributed by atoms with Crippen LogP contribution in [0.5, 0.6) is 0 Å². The predicted molar refractivity (Wildman–Crippen MR) is 61.6 cm³/mol. The van der Waals surface area contributed by atoms with Crippen molar-refractivity contribution in [2.75, 3.05) is 19.3 Å². The van der Waals surface area contributed by atoms with Crippen LogP contribution in [0.4, 0.5) is 0 Å². The molecule has 0 aliphatic heterocycles. The Balaban J connectivity index is 2.11. The number of thioether (sulfide) groups is 1. The van der Waals surface area contributed by atoms with E-state index >= 15 is 0 Å². The molecule has 0 aromatic heterocycles. The van der Waals surface area contributed by atoms with Gasteiger partial charge in [0.15, 0.2) is 0 Å². The molecule has 4 heteroatoms. The van der Waals surface area contributed by atoms with Gasteiger partial charge in [0.2, 0.25) is 5.91 Å². The lowest BCUT2D eigenvalue weighted by Crippen LogP contribution is -2.38. The van der Waals surface area contributed by atoms with Crippen molar-refractivity contribution in [2.45, 2.75) is 37.5 Å². The van der Waals surface area contributed by atoms with Crippen molar-refractivity contribution in [3.05, 3.63) is 0 Å². The SMILES string of the molecule is CCNC(=O)CNC1CCC(SC)C1. The summed E-state index contributed by atoms with van der Waals surface area (Å²) in [4.78, 5) is 11.2. The van der Waals surface area contributed by atoms with Crippen LogP contribution < -0.4 is 10.6 Å². The quantitative estimate of drug-likeness (QED) is 0.720. The van der Waals surface area contributed by atoms with Crippen LogP contribution >= 0.6 is 11.8 Å². The Hall–Kier alpha value is -0.220. The van der Waals surface area contributed by atoms with Crippen molar-refractivity contribution in [1.82, 2.24) is 10.6 Å². The third-order valence-electron chi connectivity index (χ3n) is 2.64. The number of rotatable bonds is 5. The lowest BCUT2D eigenvalue weighted by Gasteiger charge is -2.11. The lowest BCUT2D eigenvalue weighted by atomic mass is 10.2. The zero-order valence-electron chi connectivity index (χ0n) is 9.01. The zero-order valence-corrected chi connectivity index (χ0v) is 9.82. The number of carbonyl (C=O) groups is 1. The van der Waals surface area contributed by atoms with E-state index in [2.05, 4.69) is 16.9 Å². The Bertz CT molecular complexity index is 187. The molecule has 1 aliphatic carbocycles. The Morgan fingerprint density at radius 1 is 1.50 bits per heavy atom. The van der Waals surface area contributed by atoms with E-state index in [1.807, 2.05) is 18.7 Å². The second-order valence-electron chi connectivity index (χ2n) is 3.70. The molecule has 1 aliphatic rings. The van der Waals surface area contributed by atoms with Gasteiger partial charge in [-0.3, -0.25) is 4.79 Å². The van der Waals surface area contributed by atoms with Gasteiger partial charge in [0.1, 0.15) is 0 Å². The van der Waals surface area contributed by atoms with Gasteiger partial charge in [-0.15, -0.1) is 0 Å². The number of amides is 1. The van der Waals surface area contributed by atoms with Crippen LogP contribution in [0.3, 0.4) is 0 Å². The highest BCUT2D eigenvalue weighted by Gasteiger charge is 2.23. The first-order valence-corrected chi connectivity index (χ1v) is 6.58. The zero-order chi connectivity index (χ0) is 10.4. The van der Waals surface area contributed by atoms with Gasteiger partial charge in [0.25, 0.3) is 0 Å². The summed E-state index contributed by atoms with van der Waals surface area (Å²) >= 11 is 1.94. The summed E-state index contributed by atoms with van der Waals surface area (Å²) in [5.41, 5.74) is 0. The first-order valence-electron chi connectivity index (χ1n) is 5.29. The normalized spacial score (nSPS) is 26.4. The molecule has 2 N–H and O–H groups in total. The molecular formula is C10H20N2OS. The fourth-order valence-electron chi connectivity index (χ4n) is 1.84. The number of carbonyl (C=O) groups excluding carboxylic acids is 1. The van der Waals surface area contributed by atoms with Gasteiger partial charge < -0.3 is 10.6 Å². The van der Waals surface area contributed by atoms with Crippen LogP contribution in [0, 0.1) is 0 Å². The highest BCUT2D eigenvalue weighted by Crippen LogP contribution is 2.27. The smallest absolute Gasteiger partial charge is 0.233 e. The topological polar surface area (TPSA) is 41.1 Å². The van der Waals surface area contributed by atoms with Crippen LogP contribution in [0.15, 0.2) is 0 Å². The molecule has 1 saturated carbocycles. The molecule has 2 unspecified atom stereocenters. The molecule has 0 saturated heterocycles. The van der Waals surface area contributed by atoms with Gasteiger partial charge >= 0.3 is 0 Å². The second-order valence-corrected chi connectivity index (χ2v) is 4.84. The maximum Gasteiger partial charge on any atom is 0.233 e. The molecular weight excluding hydrogens is 196 g/mol. The minimum atomic E-state index is 0.111. The fraction of sp³-hybridized carbons (Fsp3) is 0.900. The van der Waals surface area contributed by atoms with Crippen molar-refractivity contribution in [1.29, 1.82) is 0 Å². The number of nitrogens with one attached hydrogen (secondary N) is 2. The molecule has 1 rings (SSSR count). The van der Waals surface area contributed by atoms with Crippen LogP contribution in [0.2, 0.25) is 0 Å². The van der Waals surface area contributed by atoms with Gasteiger partial charge in [-0.25, -0.2) is 0 Å². The summed E-state index contributed by atoms with van der Waals surface area (Å²) in [5, 5.41) is 6.89. The highest BCUT2D eigenvalue weighted by molar-refractivity contribution is 7.99. The average Bonchev–Trinajstić information content (AvgIpc) is 2.63. The molecule has 3 nitrogen and oxygen atoms in total. The monoisotopic (exact) mass is 216 g/mol. The van der Waals surface area contributed by atoms with E-state index in [1.165, 1.54) is 19.3 Å². The van der Waals surface area contributed by atoms with Crippen LogP contribution in [0.1, 0.15) is 26.2 Å². The molecule has 0 heterocycles. The van der Waals surface area contributed by atoms with Gasteiger partial charge in [-0.1, -0.05) is 0 Å². The summed E-state index contributed by atoms with van der Waals surface area (Å²) in [6.07, 6.45) is 5.87. The van der Waals surface area contributed by atoms with Crippen LogP contribution in [0.25, 0.3) is 0 Å². The van der Waals surface area contributed by atoms with E-state index in [1.54, 1.807) is 0 Å². The molecule has 0 spiro atoms. The summed E-state index contributed by atoms with van der Waals surface area (Å²) in [6, 6.07) is 0.551. The van der Waals surface area contributed by atoms with E-state index < -0.39 is 0 Å². The van der Waals surface area contributed by atoms with E-state index in [9.17, 15) is 4.79 Å². The van der Waals surface area contributed by atoms with Gasteiger partial charge in [0.05, 0.1) is 6.54 Å².